The fraction of sp³-hybridized carbons (Fsp3) is 0. The standard InChI is InChI=1S/C20H13F2NO3/c21-16-7-4-8-17(22)18(16)20(25)26-15-11-9-14(10-12-15)23-19(24)13-5-2-1-3-6-13/h1-12H,(H,23,24). The van der Waals surface area contributed by atoms with Crippen LogP contribution in [0, 0.1) is 11.6 Å². The Hall–Kier alpha value is -3.54. The number of benzene rings is 3. The van der Waals surface area contributed by atoms with E-state index in [0.717, 1.165) is 18.2 Å². The number of anilines is 1. The van der Waals surface area contributed by atoms with E-state index in [1.807, 2.05) is 0 Å². The van der Waals surface area contributed by atoms with Gasteiger partial charge in [0.1, 0.15) is 22.9 Å². The van der Waals surface area contributed by atoms with E-state index in [0.29, 0.717) is 11.3 Å². The van der Waals surface area contributed by atoms with Gasteiger partial charge in [-0.1, -0.05) is 24.3 Å². The van der Waals surface area contributed by atoms with Crippen LogP contribution in [0.5, 0.6) is 5.75 Å². The van der Waals surface area contributed by atoms with E-state index < -0.39 is 23.2 Å². The number of halogens is 2. The van der Waals surface area contributed by atoms with E-state index in [1.54, 1.807) is 30.3 Å². The molecule has 4 nitrogen and oxygen atoms in total. The largest absolute Gasteiger partial charge is 0.423 e. The molecule has 26 heavy (non-hydrogen) atoms. The number of hydrogen-bond donors (Lipinski definition) is 1. The number of ether oxygens (including phenoxy) is 1. The van der Waals surface area contributed by atoms with Gasteiger partial charge in [0.25, 0.3) is 5.91 Å². The molecule has 0 aliphatic rings. The third kappa shape index (κ3) is 3.92. The van der Waals surface area contributed by atoms with E-state index in [-0.39, 0.29) is 11.7 Å². The van der Waals surface area contributed by atoms with Crippen molar-refractivity contribution >= 4 is 17.6 Å². The molecule has 0 spiro atoms. The molecule has 130 valence electrons. The molecule has 0 saturated heterocycles. The van der Waals surface area contributed by atoms with E-state index in [2.05, 4.69) is 5.32 Å². The maximum atomic E-state index is 13.6. The van der Waals surface area contributed by atoms with Crippen LogP contribution in [-0.2, 0) is 0 Å². The lowest BCUT2D eigenvalue weighted by Crippen LogP contribution is -2.13. The molecule has 0 radical (unpaired) electrons. The first kappa shape index (κ1) is 17.3. The minimum atomic E-state index is -1.14. The van der Waals surface area contributed by atoms with Gasteiger partial charge in [-0.3, -0.25) is 4.79 Å². The average Bonchev–Trinajstić information content (AvgIpc) is 2.64. The summed E-state index contributed by atoms with van der Waals surface area (Å²) in [6.07, 6.45) is 0. The summed E-state index contributed by atoms with van der Waals surface area (Å²) >= 11 is 0. The molecule has 0 atom stereocenters. The van der Waals surface area contributed by atoms with Crippen LogP contribution in [0.1, 0.15) is 20.7 Å². The maximum Gasteiger partial charge on any atom is 0.349 e. The van der Waals surface area contributed by atoms with Crippen molar-refractivity contribution in [3.8, 4) is 5.75 Å². The van der Waals surface area contributed by atoms with Crippen LogP contribution in [0.3, 0.4) is 0 Å². The number of hydrogen-bond acceptors (Lipinski definition) is 3. The molecule has 0 unspecified atom stereocenters. The van der Waals surface area contributed by atoms with Crippen LogP contribution < -0.4 is 10.1 Å². The smallest absolute Gasteiger partial charge is 0.349 e. The molecule has 0 aliphatic heterocycles. The zero-order valence-electron chi connectivity index (χ0n) is 13.4. The van der Waals surface area contributed by atoms with Crippen molar-refractivity contribution < 1.29 is 23.1 Å². The number of nitrogens with one attached hydrogen (secondary N) is 1. The Morgan fingerprint density at radius 2 is 1.38 bits per heavy atom. The third-order valence-corrected chi connectivity index (χ3v) is 3.53. The highest BCUT2D eigenvalue weighted by molar-refractivity contribution is 6.04. The fourth-order valence-corrected chi connectivity index (χ4v) is 2.25. The molecule has 0 aromatic heterocycles. The van der Waals surface area contributed by atoms with E-state index in [9.17, 15) is 18.4 Å². The van der Waals surface area contributed by atoms with Crippen molar-refractivity contribution in [1.29, 1.82) is 0 Å². The van der Waals surface area contributed by atoms with Crippen LogP contribution in [-0.4, -0.2) is 11.9 Å². The number of carbonyl (C=O) groups is 2. The summed E-state index contributed by atoms with van der Waals surface area (Å²) in [6, 6.07) is 17.6. The van der Waals surface area contributed by atoms with Crippen LogP contribution in [0.15, 0.2) is 72.8 Å². The minimum Gasteiger partial charge on any atom is -0.423 e. The van der Waals surface area contributed by atoms with Crippen LogP contribution in [0.2, 0.25) is 0 Å². The number of esters is 1. The number of rotatable bonds is 4. The molecule has 1 amide bonds. The van der Waals surface area contributed by atoms with Gasteiger partial charge in [0.2, 0.25) is 0 Å². The molecule has 3 rings (SSSR count). The summed E-state index contributed by atoms with van der Waals surface area (Å²) in [5.41, 5.74) is 0.225. The van der Waals surface area contributed by atoms with Crippen molar-refractivity contribution in [3.63, 3.8) is 0 Å². The molecule has 0 heterocycles. The van der Waals surface area contributed by atoms with Gasteiger partial charge in [0, 0.05) is 11.3 Å². The minimum absolute atomic E-state index is 0.0929. The maximum absolute atomic E-state index is 13.6. The lowest BCUT2D eigenvalue weighted by atomic mass is 10.2. The first-order chi connectivity index (χ1) is 12.5. The Balaban J connectivity index is 1.68. The Bertz CT molecular complexity index is 921. The Kier molecular flexibility index (Phi) is 5.03. The van der Waals surface area contributed by atoms with Crippen LogP contribution >= 0.6 is 0 Å². The molecular weight excluding hydrogens is 340 g/mol. The predicted molar refractivity (Wildman–Crippen MR) is 92.2 cm³/mol. The van der Waals surface area contributed by atoms with Crippen molar-refractivity contribution in [2.75, 3.05) is 5.32 Å². The fourth-order valence-electron chi connectivity index (χ4n) is 2.25. The summed E-state index contributed by atoms with van der Waals surface area (Å²) in [6.45, 7) is 0. The normalized spacial score (nSPS) is 10.2. The number of carbonyl (C=O) groups excluding carboxylic acids is 2. The number of amides is 1. The zero-order valence-corrected chi connectivity index (χ0v) is 13.4. The third-order valence-electron chi connectivity index (χ3n) is 3.53. The van der Waals surface area contributed by atoms with Crippen LogP contribution in [0.4, 0.5) is 14.5 Å². The molecule has 3 aromatic rings. The lowest BCUT2D eigenvalue weighted by molar-refractivity contribution is 0.0724. The SMILES string of the molecule is O=C(Nc1ccc(OC(=O)c2c(F)cccc2F)cc1)c1ccccc1. The first-order valence-electron chi connectivity index (χ1n) is 7.67. The van der Waals surface area contributed by atoms with Gasteiger partial charge in [0.15, 0.2) is 0 Å². The monoisotopic (exact) mass is 353 g/mol. The van der Waals surface area contributed by atoms with E-state index >= 15 is 0 Å². The summed E-state index contributed by atoms with van der Waals surface area (Å²) in [4.78, 5) is 24.0. The average molecular weight is 353 g/mol. The van der Waals surface area contributed by atoms with Crippen molar-refractivity contribution in [3.05, 3.63) is 95.6 Å². The van der Waals surface area contributed by atoms with Crippen molar-refractivity contribution in [2.24, 2.45) is 0 Å². The van der Waals surface area contributed by atoms with Gasteiger partial charge in [-0.25, -0.2) is 13.6 Å². The highest BCUT2D eigenvalue weighted by Crippen LogP contribution is 2.20. The Morgan fingerprint density at radius 3 is 2.00 bits per heavy atom. The molecule has 1 N–H and O–H groups in total. The van der Waals surface area contributed by atoms with E-state index in [4.69, 9.17) is 4.74 Å². The van der Waals surface area contributed by atoms with Crippen molar-refractivity contribution in [1.82, 2.24) is 0 Å². The molecular formula is C20H13F2NO3. The topological polar surface area (TPSA) is 55.4 Å². The quantitative estimate of drug-likeness (QED) is 0.557. The van der Waals surface area contributed by atoms with Gasteiger partial charge in [-0.05, 0) is 48.5 Å². The second kappa shape index (κ2) is 7.57. The second-order valence-corrected chi connectivity index (χ2v) is 5.33. The Labute approximate surface area is 148 Å². The highest BCUT2D eigenvalue weighted by atomic mass is 19.1. The highest BCUT2D eigenvalue weighted by Gasteiger charge is 2.19. The zero-order chi connectivity index (χ0) is 18.5. The summed E-state index contributed by atoms with van der Waals surface area (Å²) in [5.74, 6) is -3.33. The predicted octanol–water partition coefficient (Wildman–Crippen LogP) is 4.44. The molecule has 6 heteroatoms. The second-order valence-electron chi connectivity index (χ2n) is 5.33. The molecule has 3 aromatic carbocycles. The Morgan fingerprint density at radius 1 is 0.769 bits per heavy atom. The molecule has 0 aliphatic carbocycles. The lowest BCUT2D eigenvalue weighted by Gasteiger charge is -2.08. The van der Waals surface area contributed by atoms with Gasteiger partial charge in [-0.2, -0.15) is 0 Å². The summed E-state index contributed by atoms with van der Waals surface area (Å²) in [5, 5.41) is 2.69. The van der Waals surface area contributed by atoms with Gasteiger partial charge < -0.3 is 10.1 Å². The van der Waals surface area contributed by atoms with Gasteiger partial charge in [-0.15, -0.1) is 0 Å². The molecule has 0 fully saturated rings. The van der Waals surface area contributed by atoms with Gasteiger partial charge in [0.05, 0.1) is 0 Å². The first-order valence-corrected chi connectivity index (χ1v) is 7.67. The molecule has 0 bridgehead atoms. The summed E-state index contributed by atoms with van der Waals surface area (Å²) in [7, 11) is 0. The van der Waals surface area contributed by atoms with Crippen LogP contribution in [0.25, 0.3) is 0 Å². The molecule has 0 saturated carbocycles. The van der Waals surface area contributed by atoms with E-state index in [1.165, 1.54) is 24.3 Å². The van der Waals surface area contributed by atoms with Crippen molar-refractivity contribution in [2.45, 2.75) is 0 Å². The summed E-state index contributed by atoms with van der Waals surface area (Å²) < 4.78 is 32.1. The van der Waals surface area contributed by atoms with Gasteiger partial charge >= 0.3 is 5.97 Å².